The third kappa shape index (κ3) is 8.52. The number of hydrogen-bond acceptors (Lipinski definition) is 11. The van der Waals surface area contributed by atoms with E-state index in [9.17, 15) is 23.3 Å². The number of nitro benzene ring substituents is 1. The number of aromatic nitrogens is 2. The first kappa shape index (κ1) is 42.3. The molecule has 14 nitrogen and oxygen atoms in total. The summed E-state index contributed by atoms with van der Waals surface area (Å²) in [6, 6.07) is 11.9. The molecule has 5 aliphatic rings. The Labute approximate surface area is 361 Å². The molecule has 2 unspecified atom stereocenters. The summed E-state index contributed by atoms with van der Waals surface area (Å²) >= 11 is 0. The van der Waals surface area contributed by atoms with Crippen molar-refractivity contribution >= 4 is 44.0 Å². The molecular formula is C46H56FN7O7S. The van der Waals surface area contributed by atoms with Crippen LogP contribution in [-0.2, 0) is 14.8 Å². The molecule has 330 valence electrons. The number of carbonyl (C=O) groups excluding carboxylic acids is 1. The van der Waals surface area contributed by atoms with E-state index in [2.05, 4.69) is 50.6 Å². The van der Waals surface area contributed by atoms with Crippen LogP contribution in [0.3, 0.4) is 0 Å². The zero-order chi connectivity index (χ0) is 43.4. The summed E-state index contributed by atoms with van der Waals surface area (Å²) in [5.74, 6) is 1.14. The van der Waals surface area contributed by atoms with Gasteiger partial charge in [0.2, 0.25) is 0 Å². The molecule has 62 heavy (non-hydrogen) atoms. The van der Waals surface area contributed by atoms with Crippen LogP contribution < -0.4 is 19.7 Å². The highest BCUT2D eigenvalue weighted by Crippen LogP contribution is 2.75. The van der Waals surface area contributed by atoms with Crippen LogP contribution in [0.15, 0.2) is 77.0 Å². The number of halogens is 1. The second-order valence-electron chi connectivity index (χ2n) is 18.9. The quantitative estimate of drug-likeness (QED) is 0.0632. The number of hydrogen-bond donors (Lipinski definition) is 3. The lowest BCUT2D eigenvalue weighted by Crippen LogP contribution is -2.47. The van der Waals surface area contributed by atoms with Crippen LogP contribution in [0.2, 0.25) is 0 Å². The molecule has 16 heteroatoms. The molecule has 0 radical (unpaired) electrons. The lowest BCUT2D eigenvalue weighted by Gasteiger charge is -2.44. The molecule has 3 aliphatic carbocycles. The topological polar surface area (TPSA) is 172 Å². The number of anilines is 2. The van der Waals surface area contributed by atoms with Gasteiger partial charge in [0.25, 0.3) is 21.6 Å². The molecule has 2 saturated heterocycles. The predicted molar refractivity (Wildman–Crippen MR) is 235 cm³/mol. The van der Waals surface area contributed by atoms with Crippen molar-refractivity contribution in [2.45, 2.75) is 82.7 Å². The van der Waals surface area contributed by atoms with Crippen molar-refractivity contribution in [3.63, 3.8) is 0 Å². The van der Waals surface area contributed by atoms with Gasteiger partial charge < -0.3 is 24.7 Å². The fraction of sp³-hybridized carbons (Fsp3) is 0.522. The SMILES string of the molecule is CCC12CC1[C@H](C1=C(CN3CCN(c4ccc(C(=O)NS(=O)(=O)c5ccc(NCC6(F)CCOCC6)c([N+](=O)[O-])c5)c(Oc5cnc6[nH]ccc6c5)c4)CC3)CCC(C)(C)C1)C2. The van der Waals surface area contributed by atoms with Crippen LogP contribution in [0.25, 0.3) is 11.0 Å². The Morgan fingerprint density at radius 3 is 2.58 bits per heavy atom. The molecule has 0 bridgehead atoms. The monoisotopic (exact) mass is 869 g/mol. The van der Waals surface area contributed by atoms with Crippen LogP contribution in [0.5, 0.6) is 11.5 Å². The van der Waals surface area contributed by atoms with E-state index < -0.39 is 37.1 Å². The summed E-state index contributed by atoms with van der Waals surface area (Å²) < 4.78 is 56.2. The van der Waals surface area contributed by atoms with Crippen molar-refractivity contribution < 1.29 is 32.0 Å². The number of aromatic amines is 1. The Kier molecular flexibility index (Phi) is 11.1. The molecule has 2 aromatic carbocycles. The average Bonchev–Trinajstić information content (AvgIpc) is 3.55. The van der Waals surface area contributed by atoms with Crippen molar-refractivity contribution in [1.82, 2.24) is 19.6 Å². The Hall–Kier alpha value is -5.06. The number of carbonyl (C=O) groups is 1. The van der Waals surface area contributed by atoms with E-state index in [4.69, 9.17) is 9.47 Å². The van der Waals surface area contributed by atoms with Crippen molar-refractivity contribution in [3.05, 3.63) is 87.7 Å². The van der Waals surface area contributed by atoms with Crippen molar-refractivity contribution in [1.29, 1.82) is 0 Å². The maximum Gasteiger partial charge on any atom is 0.293 e. The number of benzene rings is 2. The highest BCUT2D eigenvalue weighted by molar-refractivity contribution is 7.90. The van der Waals surface area contributed by atoms with Crippen molar-refractivity contribution in [2.24, 2.45) is 22.7 Å². The number of nitrogens with zero attached hydrogens (tertiary/aromatic N) is 4. The molecule has 2 aromatic heterocycles. The van der Waals surface area contributed by atoms with E-state index in [1.54, 1.807) is 35.5 Å². The number of rotatable bonds is 14. The Balaban J connectivity index is 0.918. The second-order valence-corrected chi connectivity index (χ2v) is 20.6. The minimum atomic E-state index is -4.62. The number of H-pyrrole nitrogens is 1. The number of ether oxygens (including phenoxy) is 2. The van der Waals surface area contributed by atoms with Gasteiger partial charge in [0.1, 0.15) is 28.5 Å². The first-order valence-corrected chi connectivity index (χ1v) is 23.4. The van der Waals surface area contributed by atoms with Gasteiger partial charge in [0, 0.05) is 94.7 Å². The van der Waals surface area contributed by atoms with Gasteiger partial charge in [-0.15, -0.1) is 0 Å². The van der Waals surface area contributed by atoms with Gasteiger partial charge in [0.15, 0.2) is 0 Å². The van der Waals surface area contributed by atoms with E-state index in [0.29, 0.717) is 22.2 Å². The Morgan fingerprint density at radius 1 is 1.06 bits per heavy atom. The van der Waals surface area contributed by atoms with Gasteiger partial charge >= 0.3 is 0 Å². The molecule has 4 aromatic rings. The van der Waals surface area contributed by atoms with E-state index in [1.807, 2.05) is 6.07 Å². The molecule has 0 spiro atoms. The molecule has 4 heterocycles. The second kappa shape index (κ2) is 16.2. The summed E-state index contributed by atoms with van der Waals surface area (Å²) in [7, 11) is -4.62. The lowest BCUT2D eigenvalue weighted by atomic mass is 9.62. The first-order chi connectivity index (χ1) is 29.6. The molecule has 2 saturated carbocycles. The van der Waals surface area contributed by atoms with E-state index >= 15 is 4.39 Å². The van der Waals surface area contributed by atoms with E-state index in [-0.39, 0.29) is 49.6 Å². The van der Waals surface area contributed by atoms with Gasteiger partial charge in [-0.1, -0.05) is 38.3 Å². The highest BCUT2D eigenvalue weighted by atomic mass is 32.2. The zero-order valence-electron chi connectivity index (χ0n) is 35.7. The van der Waals surface area contributed by atoms with Gasteiger partial charge in [-0.2, -0.15) is 0 Å². The van der Waals surface area contributed by atoms with Crippen LogP contribution in [0.1, 0.15) is 82.5 Å². The number of piperazine rings is 1. The smallest absolute Gasteiger partial charge is 0.293 e. The molecule has 3 atom stereocenters. The van der Waals surface area contributed by atoms with Crippen LogP contribution in [0.4, 0.5) is 21.5 Å². The molecule has 1 amide bonds. The maximum atomic E-state index is 15.2. The fourth-order valence-corrected chi connectivity index (χ4v) is 11.4. The number of nitro groups is 1. The number of nitrogens with one attached hydrogen (secondary N) is 3. The molecule has 2 aliphatic heterocycles. The fourth-order valence-electron chi connectivity index (χ4n) is 10.4. The van der Waals surface area contributed by atoms with Crippen LogP contribution >= 0.6 is 0 Å². The summed E-state index contributed by atoms with van der Waals surface area (Å²) in [5.41, 5.74) is 3.59. The molecular weight excluding hydrogens is 814 g/mol. The van der Waals surface area contributed by atoms with Crippen molar-refractivity contribution in [2.75, 3.05) is 62.7 Å². The molecule has 3 N–H and O–H groups in total. The number of sulfonamides is 1. The molecule has 9 rings (SSSR count). The Morgan fingerprint density at radius 2 is 1.85 bits per heavy atom. The van der Waals surface area contributed by atoms with Crippen molar-refractivity contribution in [3.8, 4) is 11.5 Å². The van der Waals surface area contributed by atoms with Gasteiger partial charge in [-0.05, 0) is 91.2 Å². The predicted octanol–water partition coefficient (Wildman–Crippen LogP) is 8.38. The minimum Gasteiger partial charge on any atom is -0.455 e. The number of allylic oxidation sites excluding steroid dienone is 1. The van der Waals surface area contributed by atoms with Gasteiger partial charge in [-0.3, -0.25) is 19.8 Å². The number of alkyl halides is 1. The van der Waals surface area contributed by atoms with Gasteiger partial charge in [-0.25, -0.2) is 22.5 Å². The average molecular weight is 870 g/mol. The summed E-state index contributed by atoms with van der Waals surface area (Å²) in [5, 5.41) is 15.6. The summed E-state index contributed by atoms with van der Waals surface area (Å²) in [6.07, 6.45) is 11.2. The third-order valence-electron chi connectivity index (χ3n) is 14.4. The van der Waals surface area contributed by atoms with Gasteiger partial charge in [0.05, 0.1) is 21.6 Å². The summed E-state index contributed by atoms with van der Waals surface area (Å²) in [4.78, 5) is 37.0. The first-order valence-electron chi connectivity index (χ1n) is 21.9. The largest absolute Gasteiger partial charge is 0.455 e. The van der Waals surface area contributed by atoms with Crippen LogP contribution in [-0.4, -0.2) is 92.3 Å². The molecule has 4 fully saturated rings. The third-order valence-corrected chi connectivity index (χ3v) is 15.7. The number of amides is 1. The van der Waals surface area contributed by atoms with Crippen LogP contribution in [0, 0.1) is 32.8 Å². The maximum absolute atomic E-state index is 15.2. The van der Waals surface area contributed by atoms with E-state index in [0.717, 1.165) is 67.8 Å². The number of pyridine rings is 1. The highest BCUT2D eigenvalue weighted by Gasteiger charge is 2.66. The lowest BCUT2D eigenvalue weighted by molar-refractivity contribution is -0.384. The van der Waals surface area contributed by atoms with E-state index in [1.165, 1.54) is 56.9 Å². The Bertz CT molecular complexity index is 2530. The summed E-state index contributed by atoms with van der Waals surface area (Å²) in [6.45, 7) is 11.8. The number of fused-ring (bicyclic) bond motifs is 2. The minimum absolute atomic E-state index is 0.0430. The standard InChI is InChI=1S/C46H56FN7O7S/c1-4-45-25-37(38(45)26-45)36-24-44(2,3)11-9-31(36)28-52-15-17-53(18-16-52)32-5-7-35(41(22-32)61-33-21-30-10-14-48-42(30)49-27-33)43(55)51-62(58,59)34-6-8-39(40(23-34)54(56)57)50-29-46(47)12-19-60-20-13-46/h5-8,10,14,21-23,27,37-38,50H,4,9,11-13,15-20,24-26,28-29H2,1-3H3,(H,48,49)(H,51,55)/t37-,38?,45?/m0/s1. The normalized spacial score (nSPS) is 24.5. The zero-order valence-corrected chi connectivity index (χ0v) is 36.5.